The van der Waals surface area contributed by atoms with Crippen molar-refractivity contribution in [3.8, 4) is 0 Å². The van der Waals surface area contributed by atoms with E-state index in [1.807, 2.05) is 12.1 Å². The second-order valence-electron chi connectivity index (χ2n) is 3.99. The fraction of sp³-hybridized carbons (Fsp3) is 0.500. The molecule has 0 aliphatic heterocycles. The highest BCUT2D eigenvalue weighted by Crippen LogP contribution is 2.23. The van der Waals surface area contributed by atoms with Gasteiger partial charge in [-0.3, -0.25) is 0 Å². The Morgan fingerprint density at radius 1 is 1.33 bits per heavy atom. The summed E-state index contributed by atoms with van der Waals surface area (Å²) in [5, 5.41) is 1.38. The fourth-order valence-electron chi connectivity index (χ4n) is 1.45. The highest BCUT2D eigenvalue weighted by atomic mass is 35.5. The Hall–Kier alpha value is -0.240. The van der Waals surface area contributed by atoms with Crippen molar-refractivity contribution < 1.29 is 0 Å². The zero-order valence-corrected chi connectivity index (χ0v) is 10.6. The Bertz CT molecular complexity index is 325. The van der Waals surface area contributed by atoms with Gasteiger partial charge in [0.2, 0.25) is 0 Å². The van der Waals surface area contributed by atoms with Crippen molar-refractivity contribution in [2.24, 2.45) is 11.7 Å². The van der Waals surface area contributed by atoms with Crippen LogP contribution in [0.4, 0.5) is 0 Å². The van der Waals surface area contributed by atoms with E-state index in [0.717, 1.165) is 18.4 Å². The van der Waals surface area contributed by atoms with E-state index in [-0.39, 0.29) is 6.04 Å². The lowest BCUT2D eigenvalue weighted by molar-refractivity contribution is 0.440. The van der Waals surface area contributed by atoms with Crippen molar-refractivity contribution in [2.45, 2.75) is 32.7 Å². The Morgan fingerprint density at radius 3 is 2.53 bits per heavy atom. The van der Waals surface area contributed by atoms with Crippen LogP contribution in [0.5, 0.6) is 0 Å². The highest BCUT2D eigenvalue weighted by molar-refractivity contribution is 6.35. The van der Waals surface area contributed by atoms with E-state index in [4.69, 9.17) is 28.9 Å². The Labute approximate surface area is 102 Å². The van der Waals surface area contributed by atoms with Crippen LogP contribution >= 0.6 is 23.2 Å². The maximum atomic E-state index is 6.08. The standard InChI is InChI=1S/C12H17Cl2N/c1-3-8(2)12(15)6-9-4-5-10(13)7-11(9)14/h4-5,7-8,12H,3,6,15H2,1-2H3. The molecule has 0 saturated carbocycles. The number of hydrogen-bond donors (Lipinski definition) is 1. The van der Waals surface area contributed by atoms with Crippen molar-refractivity contribution in [1.82, 2.24) is 0 Å². The van der Waals surface area contributed by atoms with Gasteiger partial charge in [0.25, 0.3) is 0 Å². The summed E-state index contributed by atoms with van der Waals surface area (Å²) in [5.74, 6) is 0.511. The molecule has 1 nitrogen and oxygen atoms in total. The third-order valence-corrected chi connectivity index (χ3v) is 3.43. The summed E-state index contributed by atoms with van der Waals surface area (Å²) < 4.78 is 0. The molecule has 2 atom stereocenters. The van der Waals surface area contributed by atoms with Crippen LogP contribution in [0.15, 0.2) is 18.2 Å². The highest BCUT2D eigenvalue weighted by Gasteiger charge is 2.13. The molecule has 0 bridgehead atoms. The zero-order valence-electron chi connectivity index (χ0n) is 9.13. The van der Waals surface area contributed by atoms with E-state index < -0.39 is 0 Å². The molecule has 0 amide bonds. The Morgan fingerprint density at radius 2 is 2.00 bits per heavy atom. The second-order valence-corrected chi connectivity index (χ2v) is 4.83. The van der Waals surface area contributed by atoms with Crippen LogP contribution in [-0.2, 0) is 6.42 Å². The van der Waals surface area contributed by atoms with Crippen molar-refractivity contribution in [3.63, 3.8) is 0 Å². The zero-order chi connectivity index (χ0) is 11.4. The van der Waals surface area contributed by atoms with Crippen molar-refractivity contribution in [2.75, 3.05) is 0 Å². The average Bonchev–Trinajstić information content (AvgIpc) is 2.20. The predicted molar refractivity (Wildman–Crippen MR) is 67.6 cm³/mol. The lowest BCUT2D eigenvalue weighted by Crippen LogP contribution is -2.30. The third-order valence-electron chi connectivity index (χ3n) is 2.85. The van der Waals surface area contributed by atoms with Gasteiger partial charge in [-0.2, -0.15) is 0 Å². The summed E-state index contributed by atoms with van der Waals surface area (Å²) in [6, 6.07) is 5.73. The predicted octanol–water partition coefficient (Wildman–Crippen LogP) is 3.91. The van der Waals surface area contributed by atoms with E-state index in [0.29, 0.717) is 16.0 Å². The number of nitrogens with two attached hydrogens (primary N) is 1. The van der Waals surface area contributed by atoms with Gasteiger partial charge in [0, 0.05) is 16.1 Å². The molecule has 0 heterocycles. The van der Waals surface area contributed by atoms with Gasteiger partial charge in [-0.25, -0.2) is 0 Å². The summed E-state index contributed by atoms with van der Waals surface area (Å²) in [6.07, 6.45) is 1.90. The molecular formula is C12H17Cl2N. The summed E-state index contributed by atoms with van der Waals surface area (Å²) in [5.41, 5.74) is 7.15. The molecule has 84 valence electrons. The van der Waals surface area contributed by atoms with Gasteiger partial charge in [-0.05, 0) is 30.0 Å². The molecule has 1 aromatic rings. The average molecular weight is 246 g/mol. The van der Waals surface area contributed by atoms with Gasteiger partial charge in [-0.15, -0.1) is 0 Å². The molecule has 1 rings (SSSR count). The summed E-state index contributed by atoms with van der Waals surface area (Å²) >= 11 is 11.9. The normalized spacial score (nSPS) is 15.0. The maximum Gasteiger partial charge on any atom is 0.0453 e. The molecule has 3 heteroatoms. The van der Waals surface area contributed by atoms with Gasteiger partial charge in [0.15, 0.2) is 0 Å². The molecular weight excluding hydrogens is 229 g/mol. The van der Waals surface area contributed by atoms with Crippen molar-refractivity contribution >= 4 is 23.2 Å². The molecule has 0 aliphatic rings. The lowest BCUT2D eigenvalue weighted by Gasteiger charge is -2.18. The first-order valence-corrected chi connectivity index (χ1v) is 5.99. The first-order valence-electron chi connectivity index (χ1n) is 5.24. The molecule has 15 heavy (non-hydrogen) atoms. The monoisotopic (exact) mass is 245 g/mol. The number of rotatable bonds is 4. The van der Waals surface area contributed by atoms with E-state index in [1.165, 1.54) is 0 Å². The minimum absolute atomic E-state index is 0.161. The van der Waals surface area contributed by atoms with Gasteiger partial charge < -0.3 is 5.73 Å². The molecule has 0 aromatic heterocycles. The van der Waals surface area contributed by atoms with Crippen LogP contribution in [-0.4, -0.2) is 6.04 Å². The SMILES string of the molecule is CCC(C)C(N)Cc1ccc(Cl)cc1Cl. The van der Waals surface area contributed by atoms with Crippen LogP contribution in [0.1, 0.15) is 25.8 Å². The van der Waals surface area contributed by atoms with Gasteiger partial charge in [0.05, 0.1) is 0 Å². The van der Waals surface area contributed by atoms with Crippen molar-refractivity contribution in [1.29, 1.82) is 0 Å². The second kappa shape index (κ2) is 5.74. The van der Waals surface area contributed by atoms with Crippen LogP contribution in [0, 0.1) is 5.92 Å². The smallest absolute Gasteiger partial charge is 0.0453 e. The summed E-state index contributed by atoms with van der Waals surface area (Å²) in [4.78, 5) is 0. The Balaban J connectivity index is 2.72. The molecule has 0 radical (unpaired) electrons. The summed E-state index contributed by atoms with van der Waals surface area (Å²) in [7, 11) is 0. The number of hydrogen-bond acceptors (Lipinski definition) is 1. The largest absolute Gasteiger partial charge is 0.327 e. The molecule has 2 N–H and O–H groups in total. The first kappa shape index (κ1) is 12.8. The van der Waals surface area contributed by atoms with E-state index in [1.54, 1.807) is 6.07 Å². The summed E-state index contributed by atoms with van der Waals surface area (Å²) in [6.45, 7) is 4.31. The molecule has 0 fully saturated rings. The number of benzene rings is 1. The maximum absolute atomic E-state index is 6.08. The quantitative estimate of drug-likeness (QED) is 0.856. The molecule has 0 saturated heterocycles. The molecule has 1 aromatic carbocycles. The third kappa shape index (κ3) is 3.67. The minimum atomic E-state index is 0.161. The first-order chi connectivity index (χ1) is 7.04. The lowest BCUT2D eigenvalue weighted by atomic mass is 9.94. The molecule has 0 aliphatic carbocycles. The van der Waals surface area contributed by atoms with Crippen LogP contribution in [0.2, 0.25) is 10.0 Å². The Kier molecular flexibility index (Phi) is 4.91. The van der Waals surface area contributed by atoms with Gasteiger partial charge >= 0.3 is 0 Å². The number of halogens is 2. The van der Waals surface area contributed by atoms with Crippen LogP contribution in [0.3, 0.4) is 0 Å². The van der Waals surface area contributed by atoms with Crippen LogP contribution < -0.4 is 5.73 Å². The van der Waals surface area contributed by atoms with E-state index >= 15 is 0 Å². The molecule has 0 spiro atoms. The minimum Gasteiger partial charge on any atom is -0.327 e. The fourth-order valence-corrected chi connectivity index (χ4v) is 1.93. The van der Waals surface area contributed by atoms with Gasteiger partial charge in [0.1, 0.15) is 0 Å². The van der Waals surface area contributed by atoms with E-state index in [9.17, 15) is 0 Å². The van der Waals surface area contributed by atoms with Gasteiger partial charge in [-0.1, -0.05) is 49.5 Å². The van der Waals surface area contributed by atoms with Crippen molar-refractivity contribution in [3.05, 3.63) is 33.8 Å². The topological polar surface area (TPSA) is 26.0 Å². The molecule has 2 unspecified atom stereocenters. The van der Waals surface area contributed by atoms with E-state index in [2.05, 4.69) is 13.8 Å². The van der Waals surface area contributed by atoms with Crippen LogP contribution in [0.25, 0.3) is 0 Å².